The fraction of sp³-hybridized carbons (Fsp3) is 0.125. The largest absolute Gasteiger partial charge is 0.324 e. The maximum atomic E-state index is 11.1. The van der Waals surface area contributed by atoms with Gasteiger partial charge in [0.2, 0.25) is 0 Å². The van der Waals surface area contributed by atoms with Gasteiger partial charge in [-0.05, 0) is 6.07 Å². The second kappa shape index (κ2) is 5.30. The topological polar surface area (TPSA) is 43.1 Å². The SMILES string of the molecule is Cl.NCC(=O)c1ccccc1Br. The van der Waals surface area contributed by atoms with Crippen molar-refractivity contribution in [3.05, 3.63) is 34.3 Å². The molecule has 0 saturated carbocycles. The summed E-state index contributed by atoms with van der Waals surface area (Å²) in [5, 5.41) is 0. The van der Waals surface area contributed by atoms with E-state index in [0.717, 1.165) is 4.47 Å². The van der Waals surface area contributed by atoms with E-state index in [1.165, 1.54) is 0 Å². The minimum Gasteiger partial charge on any atom is -0.324 e. The molecule has 2 nitrogen and oxygen atoms in total. The number of halogens is 2. The molecular weight excluding hydrogens is 241 g/mol. The van der Waals surface area contributed by atoms with Crippen LogP contribution in [0.25, 0.3) is 0 Å². The molecule has 66 valence electrons. The molecule has 0 aliphatic heterocycles. The van der Waals surface area contributed by atoms with Gasteiger partial charge in [0.15, 0.2) is 5.78 Å². The van der Waals surface area contributed by atoms with Gasteiger partial charge in [-0.15, -0.1) is 12.4 Å². The highest BCUT2D eigenvalue weighted by atomic mass is 79.9. The van der Waals surface area contributed by atoms with Crippen LogP contribution in [0.15, 0.2) is 28.7 Å². The normalized spacial score (nSPS) is 8.83. The van der Waals surface area contributed by atoms with E-state index in [1.54, 1.807) is 6.07 Å². The molecule has 1 aromatic rings. The molecule has 4 heteroatoms. The Hall–Kier alpha value is -0.380. The van der Waals surface area contributed by atoms with Gasteiger partial charge < -0.3 is 5.73 Å². The summed E-state index contributed by atoms with van der Waals surface area (Å²) < 4.78 is 0.801. The van der Waals surface area contributed by atoms with Crippen molar-refractivity contribution in [1.82, 2.24) is 0 Å². The fourth-order valence-corrected chi connectivity index (χ4v) is 1.30. The monoisotopic (exact) mass is 249 g/mol. The van der Waals surface area contributed by atoms with Crippen LogP contribution in [0.3, 0.4) is 0 Å². The predicted octanol–water partition coefficient (Wildman–Crippen LogP) is 2.01. The van der Waals surface area contributed by atoms with Crippen LogP contribution < -0.4 is 5.73 Å². The second-order valence-corrected chi connectivity index (χ2v) is 2.96. The molecule has 1 rings (SSSR count). The van der Waals surface area contributed by atoms with E-state index in [2.05, 4.69) is 15.9 Å². The number of carbonyl (C=O) groups excluding carboxylic acids is 1. The van der Waals surface area contributed by atoms with Gasteiger partial charge >= 0.3 is 0 Å². The van der Waals surface area contributed by atoms with Crippen LogP contribution in [0, 0.1) is 0 Å². The highest BCUT2D eigenvalue weighted by molar-refractivity contribution is 9.10. The lowest BCUT2D eigenvalue weighted by Crippen LogP contribution is -2.13. The summed E-state index contributed by atoms with van der Waals surface area (Å²) >= 11 is 3.26. The van der Waals surface area contributed by atoms with E-state index in [4.69, 9.17) is 5.73 Å². The molecule has 0 bridgehead atoms. The molecule has 0 unspecified atom stereocenters. The van der Waals surface area contributed by atoms with Crippen molar-refractivity contribution in [3.8, 4) is 0 Å². The van der Waals surface area contributed by atoms with Crippen molar-refractivity contribution in [2.45, 2.75) is 0 Å². The molecule has 1 aromatic carbocycles. The van der Waals surface area contributed by atoms with Crippen molar-refractivity contribution in [3.63, 3.8) is 0 Å². The standard InChI is InChI=1S/C8H8BrNO.ClH/c9-7-4-2-1-3-6(7)8(11)5-10;/h1-4H,5,10H2;1H. The van der Waals surface area contributed by atoms with Gasteiger partial charge in [-0.25, -0.2) is 0 Å². The molecule has 0 atom stereocenters. The Balaban J connectivity index is 0.00000121. The molecule has 0 amide bonds. The maximum Gasteiger partial charge on any atom is 0.177 e. The summed E-state index contributed by atoms with van der Waals surface area (Å²) in [4.78, 5) is 11.1. The zero-order chi connectivity index (χ0) is 8.27. The molecule has 0 fully saturated rings. The van der Waals surface area contributed by atoms with Gasteiger partial charge in [0.05, 0.1) is 6.54 Å². The fourth-order valence-electron chi connectivity index (χ4n) is 0.797. The maximum absolute atomic E-state index is 11.1. The van der Waals surface area contributed by atoms with Crippen LogP contribution in [-0.2, 0) is 0 Å². The minimum absolute atomic E-state index is 0. The zero-order valence-electron chi connectivity index (χ0n) is 6.29. The summed E-state index contributed by atoms with van der Waals surface area (Å²) in [5.41, 5.74) is 5.85. The van der Waals surface area contributed by atoms with Crippen molar-refractivity contribution in [2.75, 3.05) is 6.54 Å². The molecule has 12 heavy (non-hydrogen) atoms. The van der Waals surface area contributed by atoms with E-state index in [1.807, 2.05) is 18.2 Å². The Bertz CT molecular complexity index is 278. The molecule has 2 N–H and O–H groups in total. The third-order valence-corrected chi connectivity index (χ3v) is 2.05. The van der Waals surface area contributed by atoms with Gasteiger partial charge in [0.25, 0.3) is 0 Å². The quantitative estimate of drug-likeness (QED) is 0.816. The van der Waals surface area contributed by atoms with Crippen LogP contribution in [0.5, 0.6) is 0 Å². The lowest BCUT2D eigenvalue weighted by atomic mass is 10.1. The third kappa shape index (κ3) is 2.59. The van der Waals surface area contributed by atoms with Crippen LogP contribution in [-0.4, -0.2) is 12.3 Å². The van der Waals surface area contributed by atoms with Crippen LogP contribution >= 0.6 is 28.3 Å². The molecule has 0 aliphatic carbocycles. The van der Waals surface area contributed by atoms with E-state index < -0.39 is 0 Å². The number of Topliss-reactive ketones (excluding diaryl/α,β-unsaturated/α-hetero) is 1. The van der Waals surface area contributed by atoms with Gasteiger partial charge in [0, 0.05) is 10.0 Å². The molecular formula is C8H9BrClNO. The third-order valence-electron chi connectivity index (χ3n) is 1.36. The smallest absolute Gasteiger partial charge is 0.177 e. The van der Waals surface area contributed by atoms with Gasteiger partial charge in [-0.1, -0.05) is 34.1 Å². The van der Waals surface area contributed by atoms with Gasteiger partial charge in [-0.2, -0.15) is 0 Å². The van der Waals surface area contributed by atoms with Gasteiger partial charge in [0.1, 0.15) is 0 Å². The highest BCUT2D eigenvalue weighted by Gasteiger charge is 2.05. The van der Waals surface area contributed by atoms with E-state index in [-0.39, 0.29) is 24.7 Å². The van der Waals surface area contributed by atoms with E-state index >= 15 is 0 Å². The Morgan fingerprint density at radius 3 is 2.50 bits per heavy atom. The Morgan fingerprint density at radius 2 is 2.00 bits per heavy atom. The van der Waals surface area contributed by atoms with Crippen molar-refractivity contribution in [1.29, 1.82) is 0 Å². The number of hydrogen-bond donors (Lipinski definition) is 1. The lowest BCUT2D eigenvalue weighted by molar-refractivity contribution is 0.100. The Kier molecular flexibility index (Phi) is 5.13. The molecule has 0 spiro atoms. The molecule has 0 saturated heterocycles. The molecule has 0 aromatic heterocycles. The van der Waals surface area contributed by atoms with E-state index in [0.29, 0.717) is 5.56 Å². The summed E-state index contributed by atoms with van der Waals surface area (Å²) in [7, 11) is 0. The Morgan fingerprint density at radius 1 is 1.42 bits per heavy atom. The number of benzene rings is 1. The number of nitrogens with two attached hydrogens (primary N) is 1. The number of carbonyl (C=O) groups is 1. The molecule has 0 radical (unpaired) electrons. The predicted molar refractivity (Wildman–Crippen MR) is 54.8 cm³/mol. The lowest BCUT2D eigenvalue weighted by Gasteiger charge is -1.98. The van der Waals surface area contributed by atoms with Crippen LogP contribution in [0.2, 0.25) is 0 Å². The first-order valence-corrected chi connectivity index (χ1v) is 4.03. The molecule has 0 aliphatic rings. The first-order valence-electron chi connectivity index (χ1n) is 3.23. The number of rotatable bonds is 2. The molecule has 0 heterocycles. The van der Waals surface area contributed by atoms with Crippen LogP contribution in [0.1, 0.15) is 10.4 Å². The zero-order valence-corrected chi connectivity index (χ0v) is 8.69. The highest BCUT2D eigenvalue weighted by Crippen LogP contribution is 2.15. The minimum atomic E-state index is -0.0440. The van der Waals surface area contributed by atoms with Crippen molar-refractivity contribution in [2.24, 2.45) is 5.73 Å². The Labute approximate surface area is 85.7 Å². The number of ketones is 1. The summed E-state index contributed by atoms with van der Waals surface area (Å²) in [6.45, 7) is 0.0581. The summed E-state index contributed by atoms with van der Waals surface area (Å²) in [6, 6.07) is 7.24. The first-order chi connectivity index (χ1) is 5.25. The van der Waals surface area contributed by atoms with Crippen LogP contribution in [0.4, 0.5) is 0 Å². The van der Waals surface area contributed by atoms with Gasteiger partial charge in [-0.3, -0.25) is 4.79 Å². The average molecular weight is 251 g/mol. The first kappa shape index (κ1) is 11.6. The van der Waals surface area contributed by atoms with Crippen molar-refractivity contribution >= 4 is 34.1 Å². The summed E-state index contributed by atoms with van der Waals surface area (Å²) in [6.07, 6.45) is 0. The van der Waals surface area contributed by atoms with E-state index in [9.17, 15) is 4.79 Å². The average Bonchev–Trinajstić information content (AvgIpc) is 2.04. The second-order valence-electron chi connectivity index (χ2n) is 2.11. The summed E-state index contributed by atoms with van der Waals surface area (Å²) in [5.74, 6) is -0.0440. The number of hydrogen-bond acceptors (Lipinski definition) is 2. The van der Waals surface area contributed by atoms with Crippen molar-refractivity contribution < 1.29 is 4.79 Å².